The Morgan fingerprint density at radius 1 is 1.15 bits per heavy atom. The number of amides is 1. The van der Waals surface area contributed by atoms with E-state index in [2.05, 4.69) is 4.74 Å². The molecule has 0 N–H and O–H groups in total. The summed E-state index contributed by atoms with van der Waals surface area (Å²) in [7, 11) is 1.28. The monoisotopic (exact) mass is 283 g/mol. The van der Waals surface area contributed by atoms with Crippen LogP contribution in [0.15, 0.2) is 0 Å². The highest BCUT2D eigenvalue weighted by atomic mass is 16.5. The van der Waals surface area contributed by atoms with E-state index in [-0.39, 0.29) is 30.3 Å². The van der Waals surface area contributed by atoms with Gasteiger partial charge in [-0.05, 0) is 26.7 Å². The first kappa shape index (κ1) is 16.3. The lowest BCUT2D eigenvalue weighted by atomic mass is 9.95. The molecule has 1 fully saturated rings. The highest BCUT2D eigenvalue weighted by Gasteiger charge is 2.38. The Hall–Kier alpha value is -1.72. The molecule has 1 atom stereocenters. The van der Waals surface area contributed by atoms with Crippen molar-refractivity contribution in [2.75, 3.05) is 13.7 Å². The Morgan fingerprint density at radius 2 is 1.70 bits per heavy atom. The number of ether oxygens (including phenoxy) is 1. The summed E-state index contributed by atoms with van der Waals surface area (Å²) in [6, 6.07) is -0.589. The van der Waals surface area contributed by atoms with E-state index >= 15 is 0 Å². The van der Waals surface area contributed by atoms with Crippen molar-refractivity contribution in [3.8, 4) is 0 Å². The fourth-order valence-corrected chi connectivity index (χ4v) is 2.59. The van der Waals surface area contributed by atoms with E-state index in [1.54, 1.807) is 0 Å². The van der Waals surface area contributed by atoms with Gasteiger partial charge in [0.25, 0.3) is 0 Å². The quantitative estimate of drug-likeness (QED) is 0.671. The summed E-state index contributed by atoms with van der Waals surface area (Å²) in [5.74, 6) is -1.70. The lowest BCUT2D eigenvalue weighted by Gasteiger charge is -2.26. The minimum Gasteiger partial charge on any atom is -0.467 e. The van der Waals surface area contributed by atoms with Crippen LogP contribution in [0.4, 0.5) is 0 Å². The third-order valence-electron chi connectivity index (χ3n) is 3.43. The summed E-state index contributed by atoms with van der Waals surface area (Å²) >= 11 is 0. The maximum absolute atomic E-state index is 12.5. The number of likely N-dealkylation sites (tertiary alicyclic amines) is 1. The van der Waals surface area contributed by atoms with Crippen molar-refractivity contribution >= 4 is 23.4 Å². The number of ketones is 2. The van der Waals surface area contributed by atoms with Gasteiger partial charge >= 0.3 is 5.97 Å². The fourth-order valence-electron chi connectivity index (χ4n) is 2.59. The molecule has 0 radical (unpaired) electrons. The largest absolute Gasteiger partial charge is 0.467 e. The number of hydrogen-bond acceptors (Lipinski definition) is 5. The number of rotatable bonds is 6. The van der Waals surface area contributed by atoms with Gasteiger partial charge in [-0.25, -0.2) is 4.79 Å². The molecule has 1 saturated heterocycles. The van der Waals surface area contributed by atoms with Gasteiger partial charge in [-0.15, -0.1) is 0 Å². The molecule has 1 amide bonds. The van der Waals surface area contributed by atoms with Crippen molar-refractivity contribution in [1.29, 1.82) is 0 Å². The predicted molar refractivity (Wildman–Crippen MR) is 70.8 cm³/mol. The van der Waals surface area contributed by atoms with E-state index in [1.165, 1.54) is 25.9 Å². The lowest BCUT2D eigenvalue weighted by Crippen LogP contribution is -2.44. The zero-order valence-corrected chi connectivity index (χ0v) is 12.2. The van der Waals surface area contributed by atoms with Crippen molar-refractivity contribution in [1.82, 2.24) is 4.90 Å². The first-order valence-electron chi connectivity index (χ1n) is 6.74. The van der Waals surface area contributed by atoms with E-state index < -0.39 is 17.9 Å². The van der Waals surface area contributed by atoms with Gasteiger partial charge in [0.05, 0.1) is 13.0 Å². The van der Waals surface area contributed by atoms with Gasteiger partial charge < -0.3 is 19.2 Å². The van der Waals surface area contributed by atoms with E-state index in [0.29, 0.717) is 13.0 Å². The smallest absolute Gasteiger partial charge is 0.328 e. The van der Waals surface area contributed by atoms with Crippen LogP contribution >= 0.6 is 0 Å². The number of esters is 1. The molecular formula is C14H21NO5. The predicted octanol–water partition coefficient (Wildman–Crippen LogP) is 0.725. The molecule has 112 valence electrons. The van der Waals surface area contributed by atoms with Crippen molar-refractivity contribution in [3.63, 3.8) is 0 Å². The summed E-state index contributed by atoms with van der Waals surface area (Å²) in [6.07, 6.45) is 1.34. The van der Waals surface area contributed by atoms with Crippen LogP contribution in [0.2, 0.25) is 0 Å². The standard InChI is InChI=1S/C14H21NO5/c1-9(16)7-11(8-10(2)17)13(18)15-6-4-5-12(15)14(19)20-3/h11-12H,4-8H2,1-3H3/t12-/m0/s1. The molecule has 0 aromatic rings. The Balaban J connectivity index is 2.84. The number of nitrogens with zero attached hydrogens (tertiary/aromatic N) is 1. The molecule has 0 aromatic heterocycles. The van der Waals surface area contributed by atoms with Gasteiger partial charge in [-0.1, -0.05) is 0 Å². The molecule has 0 saturated carbocycles. The first-order chi connectivity index (χ1) is 9.36. The second-order valence-corrected chi connectivity index (χ2v) is 5.22. The Morgan fingerprint density at radius 3 is 2.15 bits per heavy atom. The van der Waals surface area contributed by atoms with Crippen LogP contribution in [-0.2, 0) is 23.9 Å². The van der Waals surface area contributed by atoms with E-state index in [1.807, 2.05) is 0 Å². The Kier molecular flexibility index (Phi) is 5.85. The average Bonchev–Trinajstić information content (AvgIpc) is 2.84. The van der Waals surface area contributed by atoms with E-state index in [9.17, 15) is 19.2 Å². The second kappa shape index (κ2) is 7.17. The van der Waals surface area contributed by atoms with Gasteiger partial charge in [-0.3, -0.25) is 4.79 Å². The molecule has 6 nitrogen and oxygen atoms in total. The molecule has 6 heteroatoms. The van der Waals surface area contributed by atoms with Crippen LogP contribution in [0.1, 0.15) is 39.5 Å². The molecule has 1 heterocycles. The van der Waals surface area contributed by atoms with E-state index in [4.69, 9.17) is 0 Å². The summed E-state index contributed by atoms with van der Waals surface area (Å²) in [6.45, 7) is 3.25. The number of methoxy groups -OCH3 is 1. The highest BCUT2D eigenvalue weighted by molar-refractivity contribution is 5.92. The summed E-state index contributed by atoms with van der Waals surface area (Å²) in [5, 5.41) is 0. The van der Waals surface area contributed by atoms with Gasteiger partial charge in [0, 0.05) is 19.4 Å². The number of carbonyl (C=O) groups excluding carboxylic acids is 4. The summed E-state index contributed by atoms with van der Waals surface area (Å²) in [5.41, 5.74) is 0. The molecule has 0 aliphatic carbocycles. The molecule has 0 unspecified atom stereocenters. The van der Waals surface area contributed by atoms with Gasteiger partial charge in [0.15, 0.2) is 0 Å². The average molecular weight is 283 g/mol. The van der Waals surface area contributed by atoms with E-state index in [0.717, 1.165) is 6.42 Å². The summed E-state index contributed by atoms with van der Waals surface area (Å²) < 4.78 is 4.69. The Bertz CT molecular complexity index is 402. The minimum atomic E-state index is -0.671. The van der Waals surface area contributed by atoms with Gasteiger partial charge in [0.2, 0.25) is 5.91 Å². The van der Waals surface area contributed by atoms with Crippen LogP contribution in [0.3, 0.4) is 0 Å². The molecule has 1 aliphatic rings. The van der Waals surface area contributed by atoms with Crippen molar-refractivity contribution < 1.29 is 23.9 Å². The fraction of sp³-hybridized carbons (Fsp3) is 0.714. The SMILES string of the molecule is COC(=O)[C@@H]1CCCN1C(=O)C(CC(C)=O)CC(C)=O. The topological polar surface area (TPSA) is 80.8 Å². The number of Topliss-reactive ketones (excluding diaryl/α,β-unsaturated/α-hetero) is 2. The Labute approximate surface area is 118 Å². The summed E-state index contributed by atoms with van der Waals surface area (Å²) in [4.78, 5) is 48.1. The molecule has 0 aromatic carbocycles. The number of carbonyl (C=O) groups is 4. The van der Waals surface area contributed by atoms with Gasteiger partial charge in [0.1, 0.15) is 17.6 Å². The third-order valence-corrected chi connectivity index (χ3v) is 3.43. The normalized spacial score (nSPS) is 18.2. The van der Waals surface area contributed by atoms with Crippen LogP contribution in [0, 0.1) is 5.92 Å². The molecular weight excluding hydrogens is 262 g/mol. The van der Waals surface area contributed by atoms with Crippen LogP contribution in [-0.4, -0.2) is 48.0 Å². The van der Waals surface area contributed by atoms with Crippen molar-refractivity contribution in [2.24, 2.45) is 5.92 Å². The second-order valence-electron chi connectivity index (χ2n) is 5.22. The molecule has 1 aliphatic heterocycles. The highest BCUT2D eigenvalue weighted by Crippen LogP contribution is 2.23. The van der Waals surface area contributed by atoms with Crippen LogP contribution in [0.25, 0.3) is 0 Å². The lowest BCUT2D eigenvalue weighted by molar-refractivity contribution is -0.153. The zero-order chi connectivity index (χ0) is 15.3. The molecule has 0 bridgehead atoms. The third kappa shape index (κ3) is 4.15. The molecule has 0 spiro atoms. The first-order valence-corrected chi connectivity index (χ1v) is 6.74. The van der Waals surface area contributed by atoms with Gasteiger partial charge in [-0.2, -0.15) is 0 Å². The van der Waals surface area contributed by atoms with Crippen molar-refractivity contribution in [3.05, 3.63) is 0 Å². The van der Waals surface area contributed by atoms with Crippen LogP contribution < -0.4 is 0 Å². The zero-order valence-electron chi connectivity index (χ0n) is 12.2. The maximum atomic E-state index is 12.5. The molecule has 20 heavy (non-hydrogen) atoms. The van der Waals surface area contributed by atoms with Crippen LogP contribution in [0.5, 0.6) is 0 Å². The van der Waals surface area contributed by atoms with Crippen molar-refractivity contribution in [2.45, 2.75) is 45.6 Å². The maximum Gasteiger partial charge on any atom is 0.328 e. The minimum absolute atomic E-state index is 0.0306. The molecule has 1 rings (SSSR count). The number of hydrogen-bond donors (Lipinski definition) is 0.